The fourth-order valence-electron chi connectivity index (χ4n) is 3.20. The summed E-state index contributed by atoms with van der Waals surface area (Å²) in [5, 5.41) is 3.70. The van der Waals surface area contributed by atoms with Crippen LogP contribution in [0.2, 0.25) is 5.02 Å². The summed E-state index contributed by atoms with van der Waals surface area (Å²) in [7, 11) is 0. The molecule has 0 spiro atoms. The van der Waals surface area contributed by atoms with E-state index in [1.165, 1.54) is 0 Å². The molecule has 0 radical (unpaired) electrons. The molecule has 1 aliphatic rings. The Morgan fingerprint density at radius 2 is 1.93 bits per heavy atom. The van der Waals surface area contributed by atoms with E-state index >= 15 is 0 Å². The average molecular weight is 388 g/mol. The van der Waals surface area contributed by atoms with Gasteiger partial charge in [0.05, 0.1) is 0 Å². The summed E-state index contributed by atoms with van der Waals surface area (Å²) in [6, 6.07) is 13.0. The molecule has 3 rings (SSSR count). The second kappa shape index (κ2) is 8.61. The third-order valence-corrected chi connectivity index (χ3v) is 5.12. The van der Waals surface area contributed by atoms with Crippen LogP contribution in [-0.2, 0) is 4.79 Å². The first-order chi connectivity index (χ1) is 12.9. The van der Waals surface area contributed by atoms with Gasteiger partial charge in [0.2, 0.25) is 0 Å². The average Bonchev–Trinajstić information content (AvgIpc) is 2.69. The molecule has 1 N–H and O–H groups in total. The number of hydrogen-bond donors (Lipinski definition) is 1. The largest absolute Gasteiger partial charge is 0.478 e. The molecular formula is C21H26ClN3O2. The number of rotatable bonds is 6. The van der Waals surface area contributed by atoms with Crippen molar-refractivity contribution < 1.29 is 9.53 Å². The van der Waals surface area contributed by atoms with Crippen molar-refractivity contribution in [1.29, 1.82) is 0 Å². The van der Waals surface area contributed by atoms with Crippen LogP contribution in [0.15, 0.2) is 48.7 Å². The number of hydrogen-bond acceptors (Lipinski definition) is 4. The van der Waals surface area contributed by atoms with Gasteiger partial charge in [0, 0.05) is 30.9 Å². The van der Waals surface area contributed by atoms with Gasteiger partial charge in [-0.3, -0.25) is 4.79 Å². The molecule has 1 aliphatic heterocycles. The summed E-state index contributed by atoms with van der Waals surface area (Å²) in [6.07, 6.45) is 3.90. The molecule has 6 heteroatoms. The predicted molar refractivity (Wildman–Crippen MR) is 108 cm³/mol. The second-order valence-corrected chi connectivity index (χ2v) is 7.83. The van der Waals surface area contributed by atoms with Gasteiger partial charge in [-0.1, -0.05) is 17.7 Å². The van der Waals surface area contributed by atoms with Gasteiger partial charge >= 0.3 is 0 Å². The Labute approximate surface area is 165 Å². The van der Waals surface area contributed by atoms with Crippen molar-refractivity contribution >= 4 is 23.3 Å². The van der Waals surface area contributed by atoms with Crippen molar-refractivity contribution in [2.75, 3.05) is 24.5 Å². The predicted octanol–water partition coefficient (Wildman–Crippen LogP) is 3.93. The maximum Gasteiger partial charge on any atom is 0.263 e. The van der Waals surface area contributed by atoms with Crippen LogP contribution >= 0.6 is 11.6 Å². The van der Waals surface area contributed by atoms with E-state index < -0.39 is 5.60 Å². The lowest BCUT2D eigenvalue weighted by Crippen LogP contribution is -2.48. The molecule has 0 bridgehead atoms. The lowest BCUT2D eigenvalue weighted by molar-refractivity contribution is -0.134. The van der Waals surface area contributed by atoms with Crippen molar-refractivity contribution in [2.24, 2.45) is 5.92 Å². The molecule has 27 heavy (non-hydrogen) atoms. The molecule has 2 heterocycles. The summed E-state index contributed by atoms with van der Waals surface area (Å²) in [4.78, 5) is 19.3. The van der Waals surface area contributed by atoms with E-state index in [1.807, 2.05) is 24.4 Å². The molecule has 0 unspecified atom stereocenters. The highest BCUT2D eigenvalue weighted by Gasteiger charge is 2.30. The number of piperidine rings is 1. The molecule has 1 saturated heterocycles. The Balaban J connectivity index is 1.45. The summed E-state index contributed by atoms with van der Waals surface area (Å²) in [6.45, 7) is 6.15. The number of carbonyl (C=O) groups excluding carboxylic acids is 1. The van der Waals surface area contributed by atoms with Crippen LogP contribution in [0.25, 0.3) is 0 Å². The zero-order valence-corrected chi connectivity index (χ0v) is 16.6. The first kappa shape index (κ1) is 19.5. The van der Waals surface area contributed by atoms with Gasteiger partial charge in [0.25, 0.3) is 5.91 Å². The topological polar surface area (TPSA) is 54.5 Å². The summed E-state index contributed by atoms with van der Waals surface area (Å²) in [5.74, 6) is 2.02. The Morgan fingerprint density at radius 1 is 1.22 bits per heavy atom. The number of nitrogens with zero attached hydrogens (tertiary/aromatic N) is 2. The normalized spacial score (nSPS) is 15.4. The van der Waals surface area contributed by atoms with E-state index in [0.717, 1.165) is 31.7 Å². The quantitative estimate of drug-likeness (QED) is 0.816. The minimum absolute atomic E-state index is 0.107. The van der Waals surface area contributed by atoms with Crippen LogP contribution in [-0.4, -0.2) is 36.1 Å². The van der Waals surface area contributed by atoms with E-state index in [-0.39, 0.29) is 5.91 Å². The first-order valence-electron chi connectivity index (χ1n) is 9.33. The fraction of sp³-hybridized carbons (Fsp3) is 0.429. The summed E-state index contributed by atoms with van der Waals surface area (Å²) in [5.41, 5.74) is -0.942. The van der Waals surface area contributed by atoms with E-state index in [1.54, 1.807) is 38.1 Å². The molecule has 0 aliphatic carbocycles. The monoisotopic (exact) mass is 387 g/mol. The molecular weight excluding hydrogens is 362 g/mol. The number of benzene rings is 1. The van der Waals surface area contributed by atoms with Crippen molar-refractivity contribution in [3.63, 3.8) is 0 Å². The Kier molecular flexibility index (Phi) is 6.22. The number of anilines is 1. The highest BCUT2D eigenvalue weighted by Crippen LogP contribution is 2.23. The third kappa shape index (κ3) is 5.36. The molecule has 1 fully saturated rings. The van der Waals surface area contributed by atoms with E-state index in [0.29, 0.717) is 23.2 Å². The molecule has 0 saturated carbocycles. The van der Waals surface area contributed by atoms with Gasteiger partial charge in [0.15, 0.2) is 5.60 Å². The van der Waals surface area contributed by atoms with E-state index in [4.69, 9.17) is 16.3 Å². The van der Waals surface area contributed by atoms with Gasteiger partial charge < -0.3 is 15.0 Å². The van der Waals surface area contributed by atoms with Gasteiger partial charge in [-0.15, -0.1) is 0 Å². The Hall–Kier alpha value is -2.27. The number of ether oxygens (including phenoxy) is 1. The smallest absolute Gasteiger partial charge is 0.263 e. The lowest BCUT2D eigenvalue weighted by atomic mass is 9.96. The number of carbonyl (C=O) groups is 1. The first-order valence-corrected chi connectivity index (χ1v) is 9.71. The zero-order valence-electron chi connectivity index (χ0n) is 15.8. The van der Waals surface area contributed by atoms with Crippen LogP contribution in [0.1, 0.15) is 26.7 Å². The fourth-order valence-corrected chi connectivity index (χ4v) is 3.33. The number of amides is 1. The maximum atomic E-state index is 12.6. The highest BCUT2D eigenvalue weighted by molar-refractivity contribution is 6.30. The maximum absolute atomic E-state index is 12.6. The molecule has 0 atom stereocenters. The van der Waals surface area contributed by atoms with Gasteiger partial charge in [-0.25, -0.2) is 4.98 Å². The minimum atomic E-state index is -0.942. The van der Waals surface area contributed by atoms with Gasteiger partial charge in [-0.2, -0.15) is 0 Å². The number of aromatic nitrogens is 1. The van der Waals surface area contributed by atoms with Gasteiger partial charge in [-0.05, 0) is 69.0 Å². The lowest BCUT2D eigenvalue weighted by Gasteiger charge is -2.33. The standard InChI is InChI=1S/C21H26ClN3O2/c1-21(2,27-18-8-6-17(22)7-9-18)20(26)24-15-16-10-13-25(14-11-16)19-5-3-4-12-23-19/h3-9,12,16H,10-11,13-15H2,1-2H3,(H,24,26). The van der Waals surface area contributed by atoms with E-state index in [9.17, 15) is 4.79 Å². The SMILES string of the molecule is CC(C)(Oc1ccc(Cl)cc1)C(=O)NCC1CCN(c2ccccn2)CC1. The number of nitrogens with one attached hydrogen (secondary N) is 1. The van der Waals surface area contributed by atoms with Crippen molar-refractivity contribution in [2.45, 2.75) is 32.3 Å². The highest BCUT2D eigenvalue weighted by atomic mass is 35.5. The van der Waals surface area contributed by atoms with Crippen LogP contribution in [0, 0.1) is 5.92 Å². The van der Waals surface area contributed by atoms with Crippen LogP contribution in [0.3, 0.4) is 0 Å². The second-order valence-electron chi connectivity index (χ2n) is 7.39. The molecule has 144 valence electrons. The van der Waals surface area contributed by atoms with Crippen LogP contribution in [0.4, 0.5) is 5.82 Å². The summed E-state index contributed by atoms with van der Waals surface area (Å²) >= 11 is 5.89. The molecule has 1 amide bonds. The Morgan fingerprint density at radius 3 is 2.56 bits per heavy atom. The number of halogens is 1. The minimum Gasteiger partial charge on any atom is -0.478 e. The van der Waals surface area contributed by atoms with Crippen LogP contribution < -0.4 is 15.0 Å². The van der Waals surface area contributed by atoms with Crippen LogP contribution in [0.5, 0.6) is 5.75 Å². The molecule has 5 nitrogen and oxygen atoms in total. The van der Waals surface area contributed by atoms with Crippen molar-refractivity contribution in [1.82, 2.24) is 10.3 Å². The van der Waals surface area contributed by atoms with Gasteiger partial charge in [0.1, 0.15) is 11.6 Å². The third-order valence-electron chi connectivity index (χ3n) is 4.87. The molecule has 1 aromatic carbocycles. The summed E-state index contributed by atoms with van der Waals surface area (Å²) < 4.78 is 5.85. The van der Waals surface area contributed by atoms with Crippen molar-refractivity contribution in [3.05, 3.63) is 53.7 Å². The Bertz CT molecular complexity index is 742. The molecule has 1 aromatic heterocycles. The van der Waals surface area contributed by atoms with Crippen molar-refractivity contribution in [3.8, 4) is 5.75 Å². The molecule has 2 aromatic rings. The number of pyridine rings is 1. The zero-order chi connectivity index (χ0) is 19.3. The van der Waals surface area contributed by atoms with E-state index in [2.05, 4.69) is 15.2 Å².